The first-order chi connectivity index (χ1) is 8.11. The van der Waals surface area contributed by atoms with E-state index in [1.165, 1.54) is 19.3 Å². The maximum Gasteiger partial charge on any atom is 0.136 e. The average Bonchev–Trinajstić information content (AvgIpc) is 2.36. The maximum absolute atomic E-state index is 10.1. The number of phenolic OH excluding ortho intramolecular Hbond substituents is 1. The van der Waals surface area contributed by atoms with Crippen LogP contribution in [0.25, 0.3) is 0 Å². The Labute approximate surface area is 115 Å². The molecule has 4 heteroatoms. The van der Waals surface area contributed by atoms with Crippen molar-refractivity contribution in [1.29, 1.82) is 0 Å². The zero-order chi connectivity index (χ0) is 12.4. The highest BCUT2D eigenvalue weighted by atomic mass is 79.9. The van der Waals surface area contributed by atoms with E-state index in [0.29, 0.717) is 15.4 Å². The Bertz CT molecular complexity index is 405. The molecule has 0 heterocycles. The highest BCUT2D eigenvalue weighted by molar-refractivity contribution is 9.10. The molecule has 0 radical (unpaired) electrons. The Hall–Kier alpha value is -0.250. The number of nitrogens with two attached hydrogens (primary N) is 1. The zero-order valence-electron chi connectivity index (χ0n) is 9.63. The fourth-order valence-electron chi connectivity index (χ4n) is 2.57. The molecule has 0 bridgehead atoms. The van der Waals surface area contributed by atoms with Crippen molar-refractivity contribution in [3.05, 3.63) is 27.2 Å². The van der Waals surface area contributed by atoms with Crippen molar-refractivity contribution in [2.75, 3.05) is 0 Å². The van der Waals surface area contributed by atoms with E-state index in [1.54, 1.807) is 6.07 Å². The second-order valence-electron chi connectivity index (χ2n) is 4.72. The number of phenols is 1. The second-order valence-corrected chi connectivity index (χ2v) is 5.92. The molecule has 1 fully saturated rings. The van der Waals surface area contributed by atoms with Crippen LogP contribution in [-0.4, -0.2) is 5.11 Å². The molecule has 1 saturated carbocycles. The van der Waals surface area contributed by atoms with Gasteiger partial charge in [0.25, 0.3) is 0 Å². The minimum atomic E-state index is -0.0936. The first-order valence-electron chi connectivity index (χ1n) is 6.03. The van der Waals surface area contributed by atoms with Crippen LogP contribution >= 0.6 is 27.5 Å². The first kappa shape index (κ1) is 13.2. The summed E-state index contributed by atoms with van der Waals surface area (Å²) in [6, 6.07) is 3.52. The molecule has 3 N–H and O–H groups in total. The summed E-state index contributed by atoms with van der Waals surface area (Å²) in [6.07, 6.45) is 6.10. The van der Waals surface area contributed by atoms with Gasteiger partial charge in [0.05, 0.1) is 9.50 Å². The van der Waals surface area contributed by atoms with Gasteiger partial charge in [0.2, 0.25) is 0 Å². The first-order valence-corrected chi connectivity index (χ1v) is 7.21. The third-order valence-electron chi connectivity index (χ3n) is 3.62. The van der Waals surface area contributed by atoms with E-state index in [0.717, 1.165) is 18.4 Å². The molecule has 1 aliphatic carbocycles. The van der Waals surface area contributed by atoms with Crippen LogP contribution in [0, 0.1) is 5.92 Å². The van der Waals surface area contributed by atoms with Crippen LogP contribution in [0.15, 0.2) is 16.6 Å². The van der Waals surface area contributed by atoms with E-state index < -0.39 is 0 Å². The lowest BCUT2D eigenvalue weighted by Crippen LogP contribution is -2.23. The lowest BCUT2D eigenvalue weighted by Gasteiger charge is -2.28. The van der Waals surface area contributed by atoms with Crippen molar-refractivity contribution in [2.24, 2.45) is 11.7 Å². The molecular formula is C13H17BrClNO. The molecular weight excluding hydrogens is 302 g/mol. The molecule has 0 spiro atoms. The van der Waals surface area contributed by atoms with Crippen LogP contribution < -0.4 is 5.73 Å². The van der Waals surface area contributed by atoms with Gasteiger partial charge in [-0.2, -0.15) is 0 Å². The number of halogens is 2. The van der Waals surface area contributed by atoms with Crippen molar-refractivity contribution < 1.29 is 5.11 Å². The quantitative estimate of drug-likeness (QED) is 0.849. The predicted octanol–water partition coefficient (Wildman–Crippen LogP) is 4.39. The van der Waals surface area contributed by atoms with Crippen molar-refractivity contribution >= 4 is 27.5 Å². The Balaban J connectivity index is 2.24. The van der Waals surface area contributed by atoms with Crippen LogP contribution in [0.1, 0.15) is 43.7 Å². The number of hydrogen-bond donors (Lipinski definition) is 2. The van der Waals surface area contributed by atoms with Crippen molar-refractivity contribution in [3.63, 3.8) is 0 Å². The summed E-state index contributed by atoms with van der Waals surface area (Å²) in [7, 11) is 0. The van der Waals surface area contributed by atoms with Crippen LogP contribution in [0.4, 0.5) is 0 Å². The summed E-state index contributed by atoms with van der Waals surface area (Å²) in [5.74, 6) is 0.665. The van der Waals surface area contributed by atoms with E-state index in [1.807, 2.05) is 6.07 Å². The Kier molecular flexibility index (Phi) is 4.34. The second kappa shape index (κ2) is 5.59. The van der Waals surface area contributed by atoms with Crippen molar-refractivity contribution in [3.8, 4) is 5.75 Å². The highest BCUT2D eigenvalue weighted by Crippen LogP contribution is 2.41. The standard InChI is InChI=1S/C13H17BrClNO/c14-11-10(15)7-6-9(13(11)17)12(16)8-4-2-1-3-5-8/h6-8,12,17H,1-5,16H2/t12-/m1/s1. The normalized spacial score (nSPS) is 19.2. The molecule has 0 unspecified atom stereocenters. The van der Waals surface area contributed by atoms with Crippen LogP contribution in [0.2, 0.25) is 5.02 Å². The van der Waals surface area contributed by atoms with E-state index >= 15 is 0 Å². The third-order valence-corrected chi connectivity index (χ3v) is 4.96. The van der Waals surface area contributed by atoms with Gasteiger partial charge in [-0.05, 0) is 40.8 Å². The van der Waals surface area contributed by atoms with Gasteiger partial charge in [0, 0.05) is 11.6 Å². The van der Waals surface area contributed by atoms with Gasteiger partial charge in [0.15, 0.2) is 0 Å². The van der Waals surface area contributed by atoms with Gasteiger partial charge < -0.3 is 10.8 Å². The summed E-state index contributed by atoms with van der Waals surface area (Å²) >= 11 is 9.21. The molecule has 0 aliphatic heterocycles. The molecule has 1 aromatic carbocycles. The van der Waals surface area contributed by atoms with E-state index in [-0.39, 0.29) is 11.8 Å². The van der Waals surface area contributed by atoms with Crippen LogP contribution in [-0.2, 0) is 0 Å². The van der Waals surface area contributed by atoms with Gasteiger partial charge in [-0.3, -0.25) is 0 Å². The molecule has 1 aromatic rings. The molecule has 17 heavy (non-hydrogen) atoms. The summed E-state index contributed by atoms with van der Waals surface area (Å²) in [5, 5.41) is 10.6. The molecule has 2 rings (SSSR count). The average molecular weight is 319 g/mol. The van der Waals surface area contributed by atoms with Gasteiger partial charge >= 0.3 is 0 Å². The lowest BCUT2D eigenvalue weighted by atomic mass is 9.81. The Morgan fingerprint density at radius 1 is 1.29 bits per heavy atom. The molecule has 0 saturated heterocycles. The van der Waals surface area contributed by atoms with E-state index in [9.17, 15) is 5.11 Å². The largest absolute Gasteiger partial charge is 0.506 e. The highest BCUT2D eigenvalue weighted by Gasteiger charge is 2.25. The maximum atomic E-state index is 10.1. The number of hydrogen-bond acceptors (Lipinski definition) is 2. The van der Waals surface area contributed by atoms with E-state index in [4.69, 9.17) is 17.3 Å². The minimum absolute atomic E-state index is 0.0936. The molecule has 0 aromatic heterocycles. The SMILES string of the molecule is N[C@@H](c1ccc(Cl)c(Br)c1O)C1CCCCC1. The molecule has 0 amide bonds. The summed E-state index contributed by atoms with van der Waals surface area (Å²) in [5.41, 5.74) is 7.06. The fourth-order valence-corrected chi connectivity index (χ4v) is 3.08. The Morgan fingerprint density at radius 2 is 1.94 bits per heavy atom. The zero-order valence-corrected chi connectivity index (χ0v) is 12.0. The van der Waals surface area contributed by atoms with Crippen molar-refractivity contribution in [2.45, 2.75) is 38.1 Å². The van der Waals surface area contributed by atoms with Crippen LogP contribution in [0.5, 0.6) is 5.75 Å². The number of aromatic hydroxyl groups is 1. The van der Waals surface area contributed by atoms with Gasteiger partial charge in [0.1, 0.15) is 5.75 Å². The summed E-state index contributed by atoms with van der Waals surface area (Å²) in [6.45, 7) is 0. The number of benzene rings is 1. The van der Waals surface area contributed by atoms with Crippen molar-refractivity contribution in [1.82, 2.24) is 0 Å². The van der Waals surface area contributed by atoms with Gasteiger partial charge in [-0.15, -0.1) is 0 Å². The molecule has 1 atom stereocenters. The Morgan fingerprint density at radius 3 is 2.59 bits per heavy atom. The molecule has 94 valence electrons. The molecule has 2 nitrogen and oxygen atoms in total. The number of rotatable bonds is 2. The topological polar surface area (TPSA) is 46.2 Å². The summed E-state index contributed by atoms with van der Waals surface area (Å²) in [4.78, 5) is 0. The van der Waals surface area contributed by atoms with Gasteiger partial charge in [-0.25, -0.2) is 0 Å². The molecule has 1 aliphatic rings. The minimum Gasteiger partial charge on any atom is -0.506 e. The lowest BCUT2D eigenvalue weighted by molar-refractivity contribution is 0.303. The smallest absolute Gasteiger partial charge is 0.136 e. The van der Waals surface area contributed by atoms with E-state index in [2.05, 4.69) is 15.9 Å². The van der Waals surface area contributed by atoms with Gasteiger partial charge in [-0.1, -0.05) is 36.9 Å². The predicted molar refractivity (Wildman–Crippen MR) is 74.3 cm³/mol. The summed E-state index contributed by atoms with van der Waals surface area (Å²) < 4.78 is 0.544. The monoisotopic (exact) mass is 317 g/mol. The van der Waals surface area contributed by atoms with Crippen LogP contribution in [0.3, 0.4) is 0 Å². The third kappa shape index (κ3) is 2.78. The fraction of sp³-hybridized carbons (Fsp3) is 0.538.